The highest BCUT2D eigenvalue weighted by Gasteiger charge is 2.25. The van der Waals surface area contributed by atoms with Gasteiger partial charge in [0.05, 0.1) is 0 Å². The van der Waals surface area contributed by atoms with Crippen molar-refractivity contribution in [3.63, 3.8) is 0 Å². The van der Waals surface area contributed by atoms with Crippen LogP contribution in [0.4, 0.5) is 0 Å². The van der Waals surface area contributed by atoms with Crippen molar-refractivity contribution in [3.8, 4) is 0 Å². The number of hydrogen-bond acceptors (Lipinski definition) is 3. The van der Waals surface area contributed by atoms with Gasteiger partial charge in [-0.3, -0.25) is 0 Å². The quantitative estimate of drug-likeness (QED) is 0.430. The van der Waals surface area contributed by atoms with Gasteiger partial charge in [-0.1, -0.05) is 0 Å². The molecule has 0 aliphatic rings. The van der Waals surface area contributed by atoms with Crippen molar-refractivity contribution < 1.29 is 14.4 Å². The van der Waals surface area contributed by atoms with E-state index >= 15 is 0 Å². The van der Waals surface area contributed by atoms with E-state index in [1.807, 2.05) is 0 Å². The first-order valence-corrected chi connectivity index (χ1v) is 9.51. The lowest BCUT2D eigenvalue weighted by Gasteiger charge is -2.07. The highest BCUT2D eigenvalue weighted by Crippen LogP contribution is 1.85. The maximum Gasteiger partial charge on any atom is 0.242 e. The summed E-state index contributed by atoms with van der Waals surface area (Å²) in [5.41, 5.74) is 0. The largest absolute Gasteiger partial charge is 0.433 e. The Kier molecular flexibility index (Phi) is 3.77. The predicted molar refractivity (Wildman–Crippen MR) is 35.6 cm³/mol. The van der Waals surface area contributed by atoms with Gasteiger partial charge in [-0.25, -0.2) is 0 Å². The molecule has 0 amide bonds. The van der Waals surface area contributed by atoms with Gasteiger partial charge < -0.3 is 14.4 Å². The molecule has 8 heavy (non-hydrogen) atoms. The van der Waals surface area contributed by atoms with Crippen LogP contribution in [0, 0.1) is 0 Å². The summed E-state index contributed by atoms with van der Waals surface area (Å²) in [5, 5.41) is 0. The molecule has 0 saturated heterocycles. The first kappa shape index (κ1) is 8.53. The SMILES string of the molecule is C[Si](O)[Si](O)[Si](C)O. The third-order valence-electron chi connectivity index (χ3n) is 0.685. The molecular formula is C2H9O3Si3. The van der Waals surface area contributed by atoms with Crippen LogP contribution in [0.15, 0.2) is 0 Å². The Hall–Kier alpha value is 0.531. The summed E-state index contributed by atoms with van der Waals surface area (Å²) in [6.45, 7) is 3.20. The maximum atomic E-state index is 8.90. The van der Waals surface area contributed by atoms with Crippen LogP contribution in [0.2, 0.25) is 13.1 Å². The first-order valence-electron chi connectivity index (χ1n) is 2.17. The molecule has 0 unspecified atom stereocenters. The Morgan fingerprint density at radius 1 is 0.875 bits per heavy atom. The normalized spacial score (nSPS) is 12.0. The summed E-state index contributed by atoms with van der Waals surface area (Å²) in [4.78, 5) is 26.4. The third kappa shape index (κ3) is 2.75. The van der Waals surface area contributed by atoms with Crippen LogP contribution in [0.3, 0.4) is 0 Å². The van der Waals surface area contributed by atoms with E-state index in [-0.39, 0.29) is 0 Å². The Balaban J connectivity index is 3.46. The second kappa shape index (κ2) is 3.54. The highest BCUT2D eigenvalue weighted by atomic mass is 29.6. The Morgan fingerprint density at radius 2 is 1.12 bits per heavy atom. The van der Waals surface area contributed by atoms with Crippen molar-refractivity contribution in [2.45, 2.75) is 13.1 Å². The molecule has 0 rings (SSSR count). The molecular weight excluding hydrogens is 156 g/mol. The van der Waals surface area contributed by atoms with Crippen LogP contribution < -0.4 is 0 Å². The van der Waals surface area contributed by atoms with Crippen LogP contribution in [0.1, 0.15) is 0 Å². The molecule has 0 aliphatic heterocycles. The Morgan fingerprint density at radius 3 is 1.12 bits per heavy atom. The van der Waals surface area contributed by atoms with Crippen molar-refractivity contribution in [3.05, 3.63) is 0 Å². The van der Waals surface area contributed by atoms with E-state index in [1.54, 1.807) is 13.1 Å². The maximum absolute atomic E-state index is 8.90. The summed E-state index contributed by atoms with van der Waals surface area (Å²) in [6.07, 6.45) is 0. The van der Waals surface area contributed by atoms with Crippen LogP contribution in [0.25, 0.3) is 0 Å². The third-order valence-corrected chi connectivity index (χ3v) is 12.7. The minimum absolute atomic E-state index is 1.56. The van der Waals surface area contributed by atoms with E-state index < -0.39 is 25.2 Å². The molecule has 3 radical (unpaired) electrons. The van der Waals surface area contributed by atoms with Gasteiger partial charge in [-0.15, -0.1) is 0 Å². The molecule has 0 saturated carbocycles. The van der Waals surface area contributed by atoms with Crippen molar-refractivity contribution in [1.29, 1.82) is 0 Å². The summed E-state index contributed by atoms with van der Waals surface area (Å²) in [6, 6.07) is 0. The summed E-state index contributed by atoms with van der Waals surface area (Å²) in [7, 11) is -4.83. The zero-order chi connectivity index (χ0) is 6.73. The van der Waals surface area contributed by atoms with E-state index in [9.17, 15) is 0 Å². The lowest BCUT2D eigenvalue weighted by molar-refractivity contribution is 0.542. The average molecular weight is 165 g/mol. The Labute approximate surface area is 53.4 Å². The fourth-order valence-electron chi connectivity index (χ4n) is 0.262. The van der Waals surface area contributed by atoms with Gasteiger partial charge in [0, 0.05) is 0 Å². The van der Waals surface area contributed by atoms with Gasteiger partial charge in [0.1, 0.15) is 0 Å². The molecule has 0 atom stereocenters. The summed E-state index contributed by atoms with van der Waals surface area (Å²) >= 11 is 0. The summed E-state index contributed by atoms with van der Waals surface area (Å²) in [5.74, 6) is 0. The molecule has 47 valence electrons. The molecule has 0 spiro atoms. The van der Waals surface area contributed by atoms with Gasteiger partial charge in [0.25, 0.3) is 0 Å². The van der Waals surface area contributed by atoms with Gasteiger partial charge in [-0.05, 0) is 13.1 Å². The zero-order valence-corrected chi connectivity index (χ0v) is 7.84. The molecule has 0 aliphatic carbocycles. The van der Waals surface area contributed by atoms with Crippen molar-refractivity contribution in [2.75, 3.05) is 0 Å². The van der Waals surface area contributed by atoms with Crippen molar-refractivity contribution in [2.24, 2.45) is 0 Å². The van der Waals surface area contributed by atoms with E-state index in [0.717, 1.165) is 0 Å². The summed E-state index contributed by atoms with van der Waals surface area (Å²) < 4.78 is 0. The number of hydrogen-bond donors (Lipinski definition) is 3. The minimum Gasteiger partial charge on any atom is -0.433 e. The fraction of sp³-hybridized carbons (Fsp3) is 1.00. The molecule has 6 heteroatoms. The smallest absolute Gasteiger partial charge is 0.242 e. The van der Waals surface area contributed by atoms with Crippen LogP contribution >= 0.6 is 0 Å². The van der Waals surface area contributed by atoms with Gasteiger partial charge in [-0.2, -0.15) is 0 Å². The molecule has 3 N–H and O–H groups in total. The van der Waals surface area contributed by atoms with Crippen molar-refractivity contribution >= 4 is 25.2 Å². The van der Waals surface area contributed by atoms with Gasteiger partial charge in [0.15, 0.2) is 0 Å². The van der Waals surface area contributed by atoms with Crippen molar-refractivity contribution in [1.82, 2.24) is 0 Å². The first-order chi connectivity index (χ1) is 3.55. The lowest BCUT2D eigenvalue weighted by atomic mass is 11.9. The van der Waals surface area contributed by atoms with Crippen LogP contribution in [-0.4, -0.2) is 39.6 Å². The predicted octanol–water partition coefficient (Wildman–Crippen LogP) is -1.65. The lowest BCUT2D eigenvalue weighted by Crippen LogP contribution is -2.45. The second-order valence-electron chi connectivity index (χ2n) is 1.52. The standard InChI is InChI=1S/C2H9O3Si3/c1-6(3)8(5)7(2)4/h3-5H,1-2H3. The highest BCUT2D eigenvalue weighted by molar-refractivity contribution is 7.43. The molecule has 0 heterocycles. The molecule has 0 aromatic rings. The number of rotatable bonds is 2. The van der Waals surface area contributed by atoms with E-state index in [0.29, 0.717) is 0 Å². The van der Waals surface area contributed by atoms with E-state index in [2.05, 4.69) is 0 Å². The van der Waals surface area contributed by atoms with E-state index in [1.165, 1.54) is 0 Å². The Bertz CT molecular complexity index is 57.5. The second-order valence-corrected chi connectivity index (χ2v) is 13.2. The van der Waals surface area contributed by atoms with Crippen LogP contribution in [0.5, 0.6) is 0 Å². The van der Waals surface area contributed by atoms with Crippen LogP contribution in [-0.2, 0) is 0 Å². The molecule has 0 fully saturated rings. The topological polar surface area (TPSA) is 60.7 Å². The van der Waals surface area contributed by atoms with Gasteiger partial charge in [0.2, 0.25) is 25.2 Å². The van der Waals surface area contributed by atoms with Gasteiger partial charge >= 0.3 is 0 Å². The monoisotopic (exact) mass is 165 g/mol. The average Bonchev–Trinajstić information content (AvgIpc) is 1.64. The zero-order valence-electron chi connectivity index (χ0n) is 4.84. The molecule has 0 aromatic carbocycles. The fourth-order valence-corrected chi connectivity index (χ4v) is 7.07. The molecule has 0 bridgehead atoms. The van der Waals surface area contributed by atoms with E-state index in [4.69, 9.17) is 14.4 Å². The molecule has 3 nitrogen and oxygen atoms in total. The molecule has 0 aromatic heterocycles. The minimum atomic E-state index is -1.71.